The molecule has 1 saturated heterocycles. The minimum atomic E-state index is -0.809. The molecule has 0 radical (unpaired) electrons. The first-order valence-corrected chi connectivity index (χ1v) is 5.77. The Kier molecular flexibility index (Phi) is 3.73. The lowest BCUT2D eigenvalue weighted by Gasteiger charge is -2.19. The summed E-state index contributed by atoms with van der Waals surface area (Å²) in [6, 6.07) is 9.52. The molecular weight excluding hydrogens is 189 g/mol. The van der Waals surface area contributed by atoms with Gasteiger partial charge < -0.3 is 5.32 Å². The first-order chi connectivity index (χ1) is 7.38. The van der Waals surface area contributed by atoms with Crippen LogP contribution in [0, 0.1) is 5.92 Å². The SMILES string of the molecule is FC(c1ccccc1)C1CCCCNC1. The summed E-state index contributed by atoms with van der Waals surface area (Å²) in [7, 11) is 0. The fourth-order valence-electron chi connectivity index (χ4n) is 2.20. The summed E-state index contributed by atoms with van der Waals surface area (Å²) in [5.74, 6) is 0.148. The molecule has 2 heteroatoms. The van der Waals surface area contributed by atoms with Crippen LogP contribution < -0.4 is 5.32 Å². The molecule has 0 amide bonds. The van der Waals surface area contributed by atoms with E-state index in [4.69, 9.17) is 0 Å². The Bertz CT molecular complexity index is 278. The van der Waals surface area contributed by atoms with Crippen LogP contribution in [0.1, 0.15) is 31.0 Å². The minimum absolute atomic E-state index is 0.148. The largest absolute Gasteiger partial charge is 0.316 e. The Morgan fingerprint density at radius 1 is 1.20 bits per heavy atom. The predicted octanol–water partition coefficient (Wildman–Crippen LogP) is 3.09. The van der Waals surface area contributed by atoms with Gasteiger partial charge in [-0.3, -0.25) is 0 Å². The van der Waals surface area contributed by atoms with Gasteiger partial charge >= 0.3 is 0 Å². The maximum absolute atomic E-state index is 14.2. The van der Waals surface area contributed by atoms with Crippen LogP contribution in [-0.4, -0.2) is 13.1 Å². The lowest BCUT2D eigenvalue weighted by atomic mass is 9.93. The Morgan fingerprint density at radius 3 is 2.80 bits per heavy atom. The molecule has 1 aromatic carbocycles. The fourth-order valence-corrected chi connectivity index (χ4v) is 2.20. The average Bonchev–Trinajstić information content (AvgIpc) is 2.58. The van der Waals surface area contributed by atoms with Gasteiger partial charge in [-0.05, 0) is 24.9 Å². The van der Waals surface area contributed by atoms with Crippen molar-refractivity contribution in [3.05, 3.63) is 35.9 Å². The molecule has 2 unspecified atom stereocenters. The molecule has 1 N–H and O–H groups in total. The molecule has 0 bridgehead atoms. The van der Waals surface area contributed by atoms with Crippen molar-refractivity contribution in [2.75, 3.05) is 13.1 Å². The molecule has 0 aromatic heterocycles. The predicted molar refractivity (Wildman–Crippen MR) is 60.5 cm³/mol. The van der Waals surface area contributed by atoms with E-state index in [1.54, 1.807) is 0 Å². The highest BCUT2D eigenvalue weighted by Gasteiger charge is 2.23. The van der Waals surface area contributed by atoms with Crippen molar-refractivity contribution in [2.45, 2.75) is 25.4 Å². The van der Waals surface area contributed by atoms with E-state index in [9.17, 15) is 4.39 Å². The average molecular weight is 207 g/mol. The summed E-state index contributed by atoms with van der Waals surface area (Å²) in [6.45, 7) is 1.86. The third kappa shape index (κ3) is 2.78. The molecule has 82 valence electrons. The first-order valence-electron chi connectivity index (χ1n) is 5.77. The van der Waals surface area contributed by atoms with Gasteiger partial charge in [-0.1, -0.05) is 36.8 Å². The number of rotatable bonds is 2. The fraction of sp³-hybridized carbons (Fsp3) is 0.538. The second kappa shape index (κ2) is 5.26. The van der Waals surface area contributed by atoms with Gasteiger partial charge in [-0.2, -0.15) is 0 Å². The summed E-state index contributed by atoms with van der Waals surface area (Å²) in [4.78, 5) is 0. The summed E-state index contributed by atoms with van der Waals surface area (Å²) in [6.07, 6.45) is 2.52. The minimum Gasteiger partial charge on any atom is -0.316 e. The van der Waals surface area contributed by atoms with Crippen LogP contribution in [0.15, 0.2) is 30.3 Å². The van der Waals surface area contributed by atoms with E-state index in [1.807, 2.05) is 30.3 Å². The summed E-state index contributed by atoms with van der Waals surface area (Å²) in [5, 5.41) is 3.31. The lowest BCUT2D eigenvalue weighted by Crippen LogP contribution is -2.23. The molecule has 1 fully saturated rings. The van der Waals surface area contributed by atoms with Crippen LogP contribution >= 0.6 is 0 Å². The van der Waals surface area contributed by atoms with Gasteiger partial charge in [0, 0.05) is 12.5 Å². The molecule has 0 aliphatic carbocycles. The van der Waals surface area contributed by atoms with Gasteiger partial charge in [0.25, 0.3) is 0 Å². The van der Waals surface area contributed by atoms with Crippen molar-refractivity contribution >= 4 is 0 Å². The third-order valence-electron chi connectivity index (χ3n) is 3.12. The molecule has 1 nitrogen and oxygen atoms in total. The Balaban J connectivity index is 2.03. The van der Waals surface area contributed by atoms with E-state index >= 15 is 0 Å². The topological polar surface area (TPSA) is 12.0 Å². The van der Waals surface area contributed by atoms with E-state index in [-0.39, 0.29) is 5.92 Å². The van der Waals surface area contributed by atoms with Crippen molar-refractivity contribution in [3.8, 4) is 0 Å². The zero-order chi connectivity index (χ0) is 10.5. The van der Waals surface area contributed by atoms with E-state index < -0.39 is 6.17 Å². The van der Waals surface area contributed by atoms with Gasteiger partial charge in [0.05, 0.1) is 0 Å². The van der Waals surface area contributed by atoms with Crippen LogP contribution in [-0.2, 0) is 0 Å². The van der Waals surface area contributed by atoms with E-state index in [0.29, 0.717) is 0 Å². The molecule has 1 aliphatic heterocycles. The Hall–Kier alpha value is -0.890. The summed E-state index contributed by atoms with van der Waals surface area (Å²) < 4.78 is 14.2. The number of benzene rings is 1. The van der Waals surface area contributed by atoms with E-state index in [2.05, 4.69) is 5.32 Å². The van der Waals surface area contributed by atoms with Gasteiger partial charge in [-0.15, -0.1) is 0 Å². The first kappa shape index (κ1) is 10.6. The zero-order valence-electron chi connectivity index (χ0n) is 8.95. The summed E-state index contributed by atoms with van der Waals surface area (Å²) in [5.41, 5.74) is 0.825. The van der Waals surface area contributed by atoms with Crippen LogP contribution in [0.25, 0.3) is 0 Å². The van der Waals surface area contributed by atoms with Crippen LogP contribution in [0.5, 0.6) is 0 Å². The van der Waals surface area contributed by atoms with E-state index in [1.165, 1.54) is 6.42 Å². The smallest absolute Gasteiger partial charge is 0.129 e. The molecule has 1 aromatic rings. The standard InChI is InChI=1S/C13H18FN/c14-13(11-6-2-1-3-7-11)12-8-4-5-9-15-10-12/h1-3,6-7,12-13,15H,4-5,8-10H2. The van der Waals surface area contributed by atoms with Gasteiger partial charge in [0.1, 0.15) is 6.17 Å². The Labute approximate surface area is 90.7 Å². The zero-order valence-corrected chi connectivity index (χ0v) is 8.95. The van der Waals surface area contributed by atoms with E-state index in [0.717, 1.165) is 31.5 Å². The van der Waals surface area contributed by atoms with Crippen molar-refractivity contribution in [3.63, 3.8) is 0 Å². The van der Waals surface area contributed by atoms with Crippen molar-refractivity contribution in [1.29, 1.82) is 0 Å². The summed E-state index contributed by atoms with van der Waals surface area (Å²) >= 11 is 0. The highest BCUT2D eigenvalue weighted by molar-refractivity contribution is 5.18. The Morgan fingerprint density at radius 2 is 2.00 bits per heavy atom. The molecule has 2 atom stereocenters. The van der Waals surface area contributed by atoms with Crippen LogP contribution in [0.3, 0.4) is 0 Å². The molecule has 1 aliphatic rings. The van der Waals surface area contributed by atoms with Crippen LogP contribution in [0.4, 0.5) is 4.39 Å². The quantitative estimate of drug-likeness (QED) is 0.785. The van der Waals surface area contributed by atoms with Crippen molar-refractivity contribution in [1.82, 2.24) is 5.32 Å². The van der Waals surface area contributed by atoms with Crippen LogP contribution in [0.2, 0.25) is 0 Å². The molecule has 0 saturated carbocycles. The maximum Gasteiger partial charge on any atom is 0.129 e. The molecule has 0 spiro atoms. The number of hydrogen-bond acceptors (Lipinski definition) is 1. The molecule has 2 rings (SSSR count). The molecular formula is C13H18FN. The van der Waals surface area contributed by atoms with Crippen molar-refractivity contribution in [2.24, 2.45) is 5.92 Å². The molecule has 15 heavy (non-hydrogen) atoms. The number of halogens is 1. The van der Waals surface area contributed by atoms with Crippen molar-refractivity contribution < 1.29 is 4.39 Å². The highest BCUT2D eigenvalue weighted by atomic mass is 19.1. The lowest BCUT2D eigenvalue weighted by molar-refractivity contribution is 0.221. The number of hydrogen-bond donors (Lipinski definition) is 1. The van der Waals surface area contributed by atoms with Gasteiger partial charge in [0.2, 0.25) is 0 Å². The second-order valence-electron chi connectivity index (χ2n) is 4.27. The van der Waals surface area contributed by atoms with Gasteiger partial charge in [0.15, 0.2) is 0 Å². The second-order valence-corrected chi connectivity index (χ2v) is 4.27. The number of alkyl halides is 1. The third-order valence-corrected chi connectivity index (χ3v) is 3.12. The maximum atomic E-state index is 14.2. The monoisotopic (exact) mass is 207 g/mol. The highest BCUT2D eigenvalue weighted by Crippen LogP contribution is 2.30. The normalized spacial score (nSPS) is 24.5. The van der Waals surface area contributed by atoms with Gasteiger partial charge in [-0.25, -0.2) is 4.39 Å². The number of nitrogens with one attached hydrogen (secondary N) is 1. The molecule has 1 heterocycles.